The van der Waals surface area contributed by atoms with Gasteiger partial charge in [-0.2, -0.15) is 0 Å². The molecule has 1 aromatic rings. The molecule has 1 heteroatoms. The highest BCUT2D eigenvalue weighted by Crippen LogP contribution is 2.25. The zero-order chi connectivity index (χ0) is 9.14. The zero-order valence-corrected chi connectivity index (χ0v) is 7.85. The first-order chi connectivity index (χ1) is 5.69. The second-order valence-electron chi connectivity index (χ2n) is 2.91. The molecule has 0 aliphatic carbocycles. The molecule has 0 spiro atoms. The van der Waals surface area contributed by atoms with Crippen LogP contribution < -0.4 is 4.74 Å². The number of rotatable bonds is 2. The van der Waals surface area contributed by atoms with Crippen molar-refractivity contribution in [2.45, 2.75) is 13.8 Å². The Kier molecular flexibility index (Phi) is 2.54. The Hall–Kier alpha value is -1.24. The number of ether oxygens (including phenoxy) is 1. The molecular formula is C11H14O. The van der Waals surface area contributed by atoms with E-state index in [1.54, 1.807) is 7.11 Å². The fourth-order valence-electron chi connectivity index (χ4n) is 1.42. The molecule has 0 N–H and O–H groups in total. The summed E-state index contributed by atoms with van der Waals surface area (Å²) in [5.41, 5.74) is 3.46. The number of benzene rings is 1. The van der Waals surface area contributed by atoms with Crippen LogP contribution in [-0.4, -0.2) is 7.11 Å². The number of hydrogen-bond acceptors (Lipinski definition) is 1. The summed E-state index contributed by atoms with van der Waals surface area (Å²) < 4.78 is 5.25. The number of aryl methyl sites for hydroxylation is 2. The maximum atomic E-state index is 5.25. The molecule has 64 valence electrons. The first kappa shape index (κ1) is 8.85. The molecule has 0 radical (unpaired) electrons. The molecule has 0 atom stereocenters. The molecule has 0 aromatic heterocycles. The van der Waals surface area contributed by atoms with E-state index in [9.17, 15) is 0 Å². The van der Waals surface area contributed by atoms with E-state index >= 15 is 0 Å². The van der Waals surface area contributed by atoms with Crippen LogP contribution in [0.1, 0.15) is 16.7 Å². The van der Waals surface area contributed by atoms with Crippen molar-refractivity contribution < 1.29 is 4.74 Å². The van der Waals surface area contributed by atoms with Gasteiger partial charge in [0, 0.05) is 5.56 Å². The van der Waals surface area contributed by atoms with E-state index in [0.29, 0.717) is 0 Å². The van der Waals surface area contributed by atoms with Crippen molar-refractivity contribution in [3.8, 4) is 5.75 Å². The predicted octanol–water partition coefficient (Wildman–Crippen LogP) is 2.96. The zero-order valence-electron chi connectivity index (χ0n) is 7.85. The average molecular weight is 162 g/mol. The van der Waals surface area contributed by atoms with E-state index in [0.717, 1.165) is 16.9 Å². The lowest BCUT2D eigenvalue weighted by Gasteiger charge is -2.09. The third-order valence-corrected chi connectivity index (χ3v) is 1.87. The molecule has 1 aromatic carbocycles. The Morgan fingerprint density at radius 3 is 2.50 bits per heavy atom. The van der Waals surface area contributed by atoms with Crippen molar-refractivity contribution >= 4 is 6.08 Å². The van der Waals surface area contributed by atoms with E-state index in [1.165, 1.54) is 5.56 Å². The van der Waals surface area contributed by atoms with Gasteiger partial charge >= 0.3 is 0 Å². The minimum absolute atomic E-state index is 0.926. The Balaban J connectivity index is 3.33. The van der Waals surface area contributed by atoms with Crippen molar-refractivity contribution in [1.29, 1.82) is 0 Å². The van der Waals surface area contributed by atoms with Crippen LogP contribution in [0.5, 0.6) is 5.75 Å². The first-order valence-electron chi connectivity index (χ1n) is 3.96. The minimum Gasteiger partial charge on any atom is -0.496 e. The fourth-order valence-corrected chi connectivity index (χ4v) is 1.42. The van der Waals surface area contributed by atoms with Crippen molar-refractivity contribution in [1.82, 2.24) is 0 Å². The van der Waals surface area contributed by atoms with Crippen LogP contribution >= 0.6 is 0 Å². The highest BCUT2D eigenvalue weighted by atomic mass is 16.5. The Bertz CT molecular complexity index is 300. The van der Waals surface area contributed by atoms with Gasteiger partial charge < -0.3 is 4.74 Å². The lowest BCUT2D eigenvalue weighted by molar-refractivity contribution is 0.410. The van der Waals surface area contributed by atoms with Gasteiger partial charge in [-0.1, -0.05) is 24.3 Å². The summed E-state index contributed by atoms with van der Waals surface area (Å²) in [4.78, 5) is 0. The van der Waals surface area contributed by atoms with E-state index in [1.807, 2.05) is 13.0 Å². The third kappa shape index (κ3) is 1.50. The van der Waals surface area contributed by atoms with Gasteiger partial charge in [0.05, 0.1) is 7.11 Å². The summed E-state index contributed by atoms with van der Waals surface area (Å²) in [5.74, 6) is 0.926. The molecule has 0 saturated heterocycles. The van der Waals surface area contributed by atoms with E-state index in [4.69, 9.17) is 4.74 Å². The van der Waals surface area contributed by atoms with E-state index < -0.39 is 0 Å². The summed E-state index contributed by atoms with van der Waals surface area (Å²) in [5, 5.41) is 0. The quantitative estimate of drug-likeness (QED) is 0.649. The van der Waals surface area contributed by atoms with Gasteiger partial charge in [-0.25, -0.2) is 0 Å². The second-order valence-corrected chi connectivity index (χ2v) is 2.91. The monoisotopic (exact) mass is 162 g/mol. The molecule has 0 aliphatic heterocycles. The first-order valence-corrected chi connectivity index (χ1v) is 3.96. The van der Waals surface area contributed by atoms with Gasteiger partial charge in [-0.3, -0.25) is 0 Å². The Labute approximate surface area is 73.7 Å². The van der Waals surface area contributed by atoms with Gasteiger partial charge in [0.1, 0.15) is 5.75 Å². The van der Waals surface area contributed by atoms with Crippen LogP contribution in [0.3, 0.4) is 0 Å². The molecule has 0 bridgehead atoms. The van der Waals surface area contributed by atoms with Gasteiger partial charge in [0.2, 0.25) is 0 Å². The lowest BCUT2D eigenvalue weighted by Crippen LogP contribution is -1.91. The van der Waals surface area contributed by atoms with E-state index in [-0.39, 0.29) is 0 Å². The molecule has 0 unspecified atom stereocenters. The fraction of sp³-hybridized carbons (Fsp3) is 0.273. The highest BCUT2D eigenvalue weighted by molar-refractivity contribution is 5.59. The van der Waals surface area contributed by atoms with E-state index in [2.05, 4.69) is 25.6 Å². The molecule has 0 aliphatic rings. The molecule has 0 heterocycles. The van der Waals surface area contributed by atoms with Crippen molar-refractivity contribution in [2.75, 3.05) is 7.11 Å². The number of hydrogen-bond donors (Lipinski definition) is 0. The summed E-state index contributed by atoms with van der Waals surface area (Å²) >= 11 is 0. The highest BCUT2D eigenvalue weighted by Gasteiger charge is 2.03. The maximum absolute atomic E-state index is 5.25. The second kappa shape index (κ2) is 3.44. The third-order valence-electron chi connectivity index (χ3n) is 1.87. The van der Waals surface area contributed by atoms with Gasteiger partial charge in [0.25, 0.3) is 0 Å². The topological polar surface area (TPSA) is 9.23 Å². The van der Waals surface area contributed by atoms with Crippen LogP contribution in [0.15, 0.2) is 18.7 Å². The predicted molar refractivity (Wildman–Crippen MR) is 52.6 cm³/mol. The van der Waals surface area contributed by atoms with Crippen LogP contribution in [0.25, 0.3) is 6.08 Å². The van der Waals surface area contributed by atoms with Crippen LogP contribution in [0.4, 0.5) is 0 Å². The minimum atomic E-state index is 0.926. The van der Waals surface area contributed by atoms with Gasteiger partial charge in [-0.15, -0.1) is 0 Å². The number of methoxy groups -OCH3 is 1. The summed E-state index contributed by atoms with van der Waals surface area (Å²) in [6.45, 7) is 7.85. The summed E-state index contributed by atoms with van der Waals surface area (Å²) in [6, 6.07) is 4.17. The van der Waals surface area contributed by atoms with Crippen LogP contribution in [-0.2, 0) is 0 Å². The van der Waals surface area contributed by atoms with Gasteiger partial charge in [0.15, 0.2) is 0 Å². The molecule has 1 rings (SSSR count). The lowest BCUT2D eigenvalue weighted by atomic mass is 10.1. The smallest absolute Gasteiger partial charge is 0.128 e. The Morgan fingerprint density at radius 2 is 2.00 bits per heavy atom. The normalized spacial score (nSPS) is 9.58. The van der Waals surface area contributed by atoms with Crippen molar-refractivity contribution in [3.05, 3.63) is 35.4 Å². The molecular weight excluding hydrogens is 148 g/mol. The summed E-state index contributed by atoms with van der Waals surface area (Å²) in [7, 11) is 1.69. The van der Waals surface area contributed by atoms with Gasteiger partial charge in [-0.05, 0) is 25.5 Å². The van der Waals surface area contributed by atoms with Crippen LogP contribution in [0, 0.1) is 13.8 Å². The van der Waals surface area contributed by atoms with Crippen molar-refractivity contribution in [3.63, 3.8) is 0 Å². The molecule has 12 heavy (non-hydrogen) atoms. The Morgan fingerprint density at radius 1 is 1.33 bits per heavy atom. The average Bonchev–Trinajstić information content (AvgIpc) is 2.03. The summed E-state index contributed by atoms with van der Waals surface area (Å²) in [6.07, 6.45) is 1.82. The largest absolute Gasteiger partial charge is 0.496 e. The molecule has 0 amide bonds. The SMILES string of the molecule is C=Cc1cc(C)cc(C)c1OC. The maximum Gasteiger partial charge on any atom is 0.128 e. The molecule has 0 fully saturated rings. The van der Waals surface area contributed by atoms with Crippen LogP contribution in [0.2, 0.25) is 0 Å². The molecule has 1 nitrogen and oxygen atoms in total. The standard InChI is InChI=1S/C11H14O/c1-5-10-7-8(2)6-9(3)11(10)12-4/h5-7H,1H2,2-4H3. The van der Waals surface area contributed by atoms with Crippen molar-refractivity contribution in [2.24, 2.45) is 0 Å². The molecule has 0 saturated carbocycles.